The lowest BCUT2D eigenvalue weighted by Crippen LogP contribution is -2.51. The van der Waals surface area contributed by atoms with Gasteiger partial charge in [0.2, 0.25) is 10.0 Å². The van der Waals surface area contributed by atoms with Gasteiger partial charge in [-0.1, -0.05) is 53.4 Å². The lowest BCUT2D eigenvalue weighted by Gasteiger charge is -2.36. The molecule has 0 atom stereocenters. The van der Waals surface area contributed by atoms with Crippen molar-refractivity contribution in [3.8, 4) is 0 Å². The van der Waals surface area contributed by atoms with Crippen molar-refractivity contribution in [1.29, 1.82) is 0 Å². The zero-order chi connectivity index (χ0) is 13.9. The van der Waals surface area contributed by atoms with Crippen LogP contribution in [0.15, 0.2) is 29.2 Å². The van der Waals surface area contributed by atoms with Crippen LogP contribution in [0.1, 0.15) is 37.7 Å². The number of alkyl halides is 1. The first-order chi connectivity index (χ1) is 8.99. The van der Waals surface area contributed by atoms with Crippen LogP contribution >= 0.6 is 15.9 Å². The summed E-state index contributed by atoms with van der Waals surface area (Å²) in [5.74, 6) is 0. The van der Waals surface area contributed by atoms with Crippen molar-refractivity contribution in [2.75, 3.05) is 5.33 Å². The molecular formula is C14H20BrNO2S. The maximum atomic E-state index is 12.6. The third-order valence-electron chi connectivity index (χ3n) is 3.80. The predicted molar refractivity (Wildman–Crippen MR) is 81.1 cm³/mol. The normalized spacial score (nSPS) is 19.3. The SMILES string of the molecule is Cc1ccccc1S(=O)(=O)NC1(CBr)CCCCC1. The Hall–Kier alpha value is -0.390. The number of rotatable bonds is 4. The summed E-state index contributed by atoms with van der Waals surface area (Å²) in [5.41, 5.74) is 0.467. The Kier molecular flexibility index (Phi) is 4.69. The number of aryl methyl sites for hydroxylation is 1. The standard InChI is InChI=1S/C14H20BrNO2S/c1-12-7-3-4-8-13(12)19(17,18)16-14(11-15)9-5-2-6-10-14/h3-4,7-8,16H,2,5-6,9-11H2,1H3. The number of sulfonamides is 1. The summed E-state index contributed by atoms with van der Waals surface area (Å²) in [6.45, 7) is 1.83. The highest BCUT2D eigenvalue weighted by Crippen LogP contribution is 2.31. The van der Waals surface area contributed by atoms with Crippen molar-refractivity contribution in [3.63, 3.8) is 0 Å². The molecule has 3 nitrogen and oxygen atoms in total. The Balaban J connectivity index is 2.28. The molecule has 1 fully saturated rings. The van der Waals surface area contributed by atoms with Gasteiger partial charge in [0.15, 0.2) is 0 Å². The Labute approximate surface area is 124 Å². The van der Waals surface area contributed by atoms with Crippen LogP contribution in [0.3, 0.4) is 0 Å². The van der Waals surface area contributed by atoms with E-state index in [4.69, 9.17) is 0 Å². The zero-order valence-electron chi connectivity index (χ0n) is 11.2. The molecule has 0 heterocycles. The molecule has 1 aliphatic carbocycles. The van der Waals surface area contributed by atoms with Gasteiger partial charge in [-0.05, 0) is 31.4 Å². The lowest BCUT2D eigenvalue weighted by atomic mass is 9.84. The largest absolute Gasteiger partial charge is 0.241 e. The quantitative estimate of drug-likeness (QED) is 0.850. The van der Waals surface area contributed by atoms with E-state index in [9.17, 15) is 8.42 Å². The molecule has 19 heavy (non-hydrogen) atoms. The van der Waals surface area contributed by atoms with Gasteiger partial charge in [-0.25, -0.2) is 13.1 Å². The first-order valence-electron chi connectivity index (χ1n) is 6.65. The second-order valence-corrected chi connectivity index (χ2v) is 7.56. The van der Waals surface area contributed by atoms with E-state index < -0.39 is 10.0 Å². The highest BCUT2D eigenvalue weighted by atomic mass is 79.9. The smallest absolute Gasteiger partial charge is 0.207 e. The van der Waals surface area contributed by atoms with Crippen LogP contribution in [0.2, 0.25) is 0 Å². The van der Waals surface area contributed by atoms with Crippen LogP contribution in [0.25, 0.3) is 0 Å². The van der Waals surface area contributed by atoms with Crippen LogP contribution in [0.4, 0.5) is 0 Å². The first-order valence-corrected chi connectivity index (χ1v) is 9.25. The summed E-state index contributed by atoms with van der Waals surface area (Å²) in [4.78, 5) is 0.390. The molecule has 0 radical (unpaired) electrons. The fraction of sp³-hybridized carbons (Fsp3) is 0.571. The second kappa shape index (κ2) is 5.94. The van der Waals surface area contributed by atoms with Crippen molar-refractivity contribution < 1.29 is 8.42 Å². The summed E-state index contributed by atoms with van der Waals surface area (Å²) in [6, 6.07) is 7.12. The van der Waals surface area contributed by atoms with E-state index >= 15 is 0 Å². The molecule has 0 aromatic heterocycles. The molecule has 106 valence electrons. The van der Waals surface area contributed by atoms with Gasteiger partial charge in [-0.15, -0.1) is 0 Å². The van der Waals surface area contributed by atoms with E-state index in [1.54, 1.807) is 12.1 Å². The molecule has 0 amide bonds. The Morgan fingerprint density at radius 2 is 1.84 bits per heavy atom. The van der Waals surface area contributed by atoms with Crippen molar-refractivity contribution in [1.82, 2.24) is 4.72 Å². The Morgan fingerprint density at radius 1 is 1.21 bits per heavy atom. The number of nitrogens with one attached hydrogen (secondary N) is 1. The molecule has 1 aliphatic rings. The molecule has 0 aliphatic heterocycles. The van der Waals surface area contributed by atoms with Crippen LogP contribution in [-0.4, -0.2) is 19.3 Å². The molecule has 1 N–H and O–H groups in total. The molecule has 1 saturated carbocycles. The average Bonchev–Trinajstić information content (AvgIpc) is 2.39. The van der Waals surface area contributed by atoms with E-state index in [1.807, 2.05) is 19.1 Å². The minimum absolute atomic E-state index is 0.320. The van der Waals surface area contributed by atoms with Gasteiger partial charge in [-0.2, -0.15) is 0 Å². The summed E-state index contributed by atoms with van der Waals surface area (Å²) in [7, 11) is -3.44. The van der Waals surface area contributed by atoms with Crippen LogP contribution < -0.4 is 4.72 Å². The van der Waals surface area contributed by atoms with Gasteiger partial charge in [0.1, 0.15) is 0 Å². The number of benzene rings is 1. The van der Waals surface area contributed by atoms with Gasteiger partial charge in [0, 0.05) is 10.9 Å². The molecule has 1 aromatic rings. The summed E-state index contributed by atoms with van der Waals surface area (Å²) in [5, 5.41) is 0.672. The number of hydrogen-bond acceptors (Lipinski definition) is 2. The van der Waals surface area contributed by atoms with E-state index in [0.29, 0.717) is 10.2 Å². The van der Waals surface area contributed by atoms with Crippen LogP contribution in [-0.2, 0) is 10.0 Å². The van der Waals surface area contributed by atoms with E-state index in [2.05, 4.69) is 20.7 Å². The molecule has 0 bridgehead atoms. The van der Waals surface area contributed by atoms with Gasteiger partial charge in [0.25, 0.3) is 0 Å². The van der Waals surface area contributed by atoms with Crippen LogP contribution in [0, 0.1) is 6.92 Å². The van der Waals surface area contributed by atoms with E-state index in [0.717, 1.165) is 31.2 Å². The first kappa shape index (κ1) is 15.0. The second-order valence-electron chi connectivity index (χ2n) is 5.35. The molecule has 5 heteroatoms. The van der Waals surface area contributed by atoms with Crippen molar-refractivity contribution in [2.24, 2.45) is 0 Å². The molecular weight excluding hydrogens is 326 g/mol. The monoisotopic (exact) mass is 345 g/mol. The van der Waals surface area contributed by atoms with E-state index in [-0.39, 0.29) is 5.54 Å². The maximum absolute atomic E-state index is 12.6. The van der Waals surface area contributed by atoms with Crippen molar-refractivity contribution in [2.45, 2.75) is 49.5 Å². The summed E-state index contributed by atoms with van der Waals surface area (Å²) < 4.78 is 28.0. The molecule has 0 unspecified atom stereocenters. The fourth-order valence-corrected chi connectivity index (χ4v) is 5.28. The van der Waals surface area contributed by atoms with Gasteiger partial charge >= 0.3 is 0 Å². The van der Waals surface area contributed by atoms with Crippen molar-refractivity contribution in [3.05, 3.63) is 29.8 Å². The maximum Gasteiger partial charge on any atom is 0.241 e. The summed E-state index contributed by atoms with van der Waals surface area (Å²) in [6.07, 6.45) is 5.18. The number of halogens is 1. The highest BCUT2D eigenvalue weighted by Gasteiger charge is 2.35. The van der Waals surface area contributed by atoms with Crippen LogP contribution in [0.5, 0.6) is 0 Å². The Morgan fingerprint density at radius 3 is 2.42 bits per heavy atom. The molecule has 1 aromatic carbocycles. The molecule has 0 spiro atoms. The average molecular weight is 346 g/mol. The lowest BCUT2D eigenvalue weighted by molar-refractivity contribution is 0.301. The molecule has 0 saturated heterocycles. The third-order valence-corrected chi connectivity index (χ3v) is 6.61. The zero-order valence-corrected chi connectivity index (χ0v) is 13.6. The van der Waals surface area contributed by atoms with Gasteiger partial charge in [0.05, 0.1) is 4.90 Å². The fourth-order valence-electron chi connectivity index (χ4n) is 2.69. The van der Waals surface area contributed by atoms with Gasteiger partial charge in [-0.3, -0.25) is 0 Å². The highest BCUT2D eigenvalue weighted by molar-refractivity contribution is 9.09. The van der Waals surface area contributed by atoms with Gasteiger partial charge < -0.3 is 0 Å². The minimum atomic E-state index is -3.44. The van der Waals surface area contributed by atoms with Crippen molar-refractivity contribution >= 4 is 26.0 Å². The summed E-state index contributed by atoms with van der Waals surface area (Å²) >= 11 is 3.48. The Bertz CT molecular complexity index is 536. The topological polar surface area (TPSA) is 46.2 Å². The molecule has 2 rings (SSSR count). The third kappa shape index (κ3) is 3.38. The number of hydrogen-bond donors (Lipinski definition) is 1. The minimum Gasteiger partial charge on any atom is -0.207 e. The van der Waals surface area contributed by atoms with E-state index in [1.165, 1.54) is 6.42 Å². The predicted octanol–water partition coefficient (Wildman–Crippen LogP) is 3.37.